The highest BCUT2D eigenvalue weighted by atomic mass is 32.2. The fourth-order valence-electron chi connectivity index (χ4n) is 3.91. The fraction of sp³-hybridized carbons (Fsp3) is 0.208. The minimum absolute atomic E-state index is 0.189. The zero-order chi connectivity index (χ0) is 23.9. The van der Waals surface area contributed by atoms with Crippen molar-refractivity contribution in [3.8, 4) is 17.0 Å². The van der Waals surface area contributed by atoms with Crippen LogP contribution in [0.4, 0.5) is 0 Å². The van der Waals surface area contributed by atoms with Crippen LogP contribution in [0, 0.1) is 0 Å². The van der Waals surface area contributed by atoms with Crippen molar-refractivity contribution in [1.29, 1.82) is 0 Å². The second-order valence-electron chi connectivity index (χ2n) is 7.87. The molecule has 0 radical (unpaired) electrons. The van der Waals surface area contributed by atoms with Gasteiger partial charge in [0.2, 0.25) is 15.9 Å². The third-order valence-corrected chi connectivity index (χ3v) is 8.35. The molecule has 5 rings (SSSR count). The average molecular weight is 494 g/mol. The van der Waals surface area contributed by atoms with Gasteiger partial charge in [-0.3, -0.25) is 0 Å². The summed E-state index contributed by atoms with van der Waals surface area (Å²) in [6, 6.07) is 15.1. The van der Waals surface area contributed by atoms with E-state index in [0.717, 1.165) is 26.9 Å². The number of aromatic nitrogens is 4. The van der Waals surface area contributed by atoms with Gasteiger partial charge in [-0.2, -0.15) is 0 Å². The van der Waals surface area contributed by atoms with Gasteiger partial charge in [-0.1, -0.05) is 30.3 Å². The van der Waals surface area contributed by atoms with Crippen molar-refractivity contribution in [3.05, 3.63) is 66.1 Å². The zero-order valence-corrected chi connectivity index (χ0v) is 20.6. The third-order valence-electron chi connectivity index (χ3n) is 5.65. The molecular formula is C24H23N5O3S2. The normalized spacial score (nSPS) is 12.1. The molecule has 0 saturated carbocycles. The van der Waals surface area contributed by atoms with Crippen LogP contribution in [0.2, 0.25) is 0 Å². The Balaban J connectivity index is 1.51. The molecule has 3 aromatic heterocycles. The van der Waals surface area contributed by atoms with Crippen LogP contribution in [0.1, 0.15) is 12.7 Å². The van der Waals surface area contributed by atoms with Gasteiger partial charge in [-0.25, -0.2) is 27.7 Å². The average Bonchev–Trinajstić information content (AvgIpc) is 3.44. The first kappa shape index (κ1) is 22.5. The topological polar surface area (TPSA) is 90.2 Å². The van der Waals surface area contributed by atoms with Gasteiger partial charge < -0.3 is 9.30 Å². The van der Waals surface area contributed by atoms with Gasteiger partial charge >= 0.3 is 0 Å². The Morgan fingerprint density at radius 1 is 1.09 bits per heavy atom. The van der Waals surface area contributed by atoms with Crippen LogP contribution in [0.5, 0.6) is 5.88 Å². The van der Waals surface area contributed by atoms with Crippen LogP contribution in [0.25, 0.3) is 32.4 Å². The van der Waals surface area contributed by atoms with Gasteiger partial charge in [0.1, 0.15) is 23.6 Å². The lowest BCUT2D eigenvalue weighted by molar-refractivity contribution is 0.283. The monoisotopic (exact) mass is 493 g/mol. The first-order valence-electron chi connectivity index (χ1n) is 10.7. The van der Waals surface area contributed by atoms with E-state index >= 15 is 0 Å². The minimum atomic E-state index is -3.55. The van der Waals surface area contributed by atoms with E-state index in [0.29, 0.717) is 23.8 Å². The smallest absolute Gasteiger partial charge is 0.242 e. The molecule has 3 heterocycles. The molecule has 0 bridgehead atoms. The Morgan fingerprint density at radius 2 is 1.88 bits per heavy atom. The lowest BCUT2D eigenvalue weighted by Crippen LogP contribution is -2.22. The molecular weight excluding hydrogens is 470 g/mol. The summed E-state index contributed by atoms with van der Waals surface area (Å²) in [5.74, 6) is 1.19. The third kappa shape index (κ3) is 3.83. The number of fused-ring (bicyclic) bond motifs is 2. The number of sulfonamides is 1. The Labute approximate surface area is 201 Å². The highest BCUT2D eigenvalue weighted by molar-refractivity contribution is 7.89. The van der Waals surface area contributed by atoms with Crippen molar-refractivity contribution in [1.82, 2.24) is 23.8 Å². The molecule has 0 unspecified atom stereocenters. The molecule has 0 fully saturated rings. The summed E-state index contributed by atoms with van der Waals surface area (Å²) in [5, 5.41) is 2.94. The second kappa shape index (κ2) is 8.79. The van der Waals surface area contributed by atoms with Crippen molar-refractivity contribution in [3.63, 3.8) is 0 Å². The highest BCUT2D eigenvalue weighted by Crippen LogP contribution is 2.37. The molecule has 0 aliphatic heterocycles. The van der Waals surface area contributed by atoms with Crippen LogP contribution in [0.3, 0.4) is 0 Å². The lowest BCUT2D eigenvalue weighted by Gasteiger charge is -2.11. The highest BCUT2D eigenvalue weighted by Gasteiger charge is 2.20. The summed E-state index contributed by atoms with van der Waals surface area (Å²) in [6.07, 6.45) is 1.50. The molecule has 174 valence electrons. The van der Waals surface area contributed by atoms with Crippen LogP contribution in [0.15, 0.2) is 65.1 Å². The van der Waals surface area contributed by atoms with Crippen molar-refractivity contribution in [2.45, 2.75) is 25.0 Å². The van der Waals surface area contributed by atoms with E-state index in [-0.39, 0.29) is 11.5 Å². The second-order valence-corrected chi connectivity index (χ2v) is 10.9. The Kier molecular flexibility index (Phi) is 5.80. The molecule has 0 spiro atoms. The molecule has 34 heavy (non-hydrogen) atoms. The van der Waals surface area contributed by atoms with Crippen molar-refractivity contribution in [2.24, 2.45) is 0 Å². The van der Waals surface area contributed by atoms with Crippen LogP contribution in [-0.2, 0) is 23.2 Å². The summed E-state index contributed by atoms with van der Waals surface area (Å²) in [6.45, 7) is 2.88. The predicted octanol–water partition coefficient (Wildman–Crippen LogP) is 4.56. The van der Waals surface area contributed by atoms with Gasteiger partial charge in [-0.05, 0) is 30.7 Å². The Morgan fingerprint density at radius 3 is 2.62 bits per heavy atom. The van der Waals surface area contributed by atoms with Crippen LogP contribution < -0.4 is 4.74 Å². The number of ether oxygens (including phenoxy) is 1. The summed E-state index contributed by atoms with van der Waals surface area (Å²) < 4.78 is 34.5. The van der Waals surface area contributed by atoms with E-state index in [2.05, 4.69) is 15.3 Å². The molecule has 0 saturated heterocycles. The van der Waals surface area contributed by atoms with Crippen LogP contribution in [-0.4, -0.2) is 46.3 Å². The number of hydrogen-bond donors (Lipinski definition) is 0. The van der Waals surface area contributed by atoms with Crippen molar-refractivity contribution < 1.29 is 13.2 Å². The quantitative estimate of drug-likeness (QED) is 0.330. The molecule has 0 aliphatic rings. The number of benzene rings is 2. The van der Waals surface area contributed by atoms with E-state index in [1.807, 2.05) is 41.8 Å². The molecule has 0 atom stereocenters. The maximum atomic E-state index is 12.5. The minimum Gasteiger partial charge on any atom is -0.469 e. The van der Waals surface area contributed by atoms with E-state index in [1.165, 1.54) is 24.7 Å². The standard InChI is InChI=1S/C24H23N5O3S2/c1-4-29-20-11-10-17(34(30,31)28(2)3)12-19(20)27-21(29)13-32-23-22-18(16-8-6-5-7-9-16)14-33-24(22)26-15-25-23/h5-12,14-15H,4,13H2,1-3H3. The predicted molar refractivity (Wildman–Crippen MR) is 133 cm³/mol. The van der Waals surface area contributed by atoms with E-state index in [4.69, 9.17) is 9.72 Å². The van der Waals surface area contributed by atoms with Gasteiger partial charge in [-0.15, -0.1) is 11.3 Å². The summed E-state index contributed by atoms with van der Waals surface area (Å²) in [7, 11) is -0.518. The number of hydrogen-bond acceptors (Lipinski definition) is 7. The van der Waals surface area contributed by atoms with Crippen molar-refractivity contribution >= 4 is 42.6 Å². The lowest BCUT2D eigenvalue weighted by atomic mass is 10.1. The molecule has 5 aromatic rings. The van der Waals surface area contributed by atoms with E-state index in [1.54, 1.807) is 29.5 Å². The number of aryl methyl sites for hydroxylation is 1. The van der Waals surface area contributed by atoms with Gasteiger partial charge in [0.25, 0.3) is 0 Å². The molecule has 0 aliphatic carbocycles. The Bertz CT molecular complexity index is 1590. The molecule has 0 amide bonds. The maximum absolute atomic E-state index is 12.5. The number of nitrogens with zero attached hydrogens (tertiary/aromatic N) is 5. The molecule has 0 N–H and O–H groups in total. The number of rotatable bonds is 7. The van der Waals surface area contributed by atoms with Gasteiger partial charge in [0.15, 0.2) is 0 Å². The maximum Gasteiger partial charge on any atom is 0.242 e. The van der Waals surface area contributed by atoms with Gasteiger partial charge in [0.05, 0.1) is 21.3 Å². The Hall–Kier alpha value is -3.34. The first-order chi connectivity index (χ1) is 16.4. The fourth-order valence-corrected chi connectivity index (χ4v) is 5.74. The number of imidazole rings is 1. The van der Waals surface area contributed by atoms with E-state index in [9.17, 15) is 8.42 Å². The zero-order valence-electron chi connectivity index (χ0n) is 19.0. The SMILES string of the molecule is CCn1c(COc2ncnc3scc(-c4ccccc4)c23)nc2cc(S(=O)(=O)N(C)C)ccc21. The molecule has 2 aromatic carbocycles. The largest absolute Gasteiger partial charge is 0.469 e. The summed E-state index contributed by atoms with van der Waals surface area (Å²) >= 11 is 1.55. The van der Waals surface area contributed by atoms with Gasteiger partial charge in [0, 0.05) is 31.6 Å². The molecule has 10 heteroatoms. The van der Waals surface area contributed by atoms with Crippen LogP contribution >= 0.6 is 11.3 Å². The van der Waals surface area contributed by atoms with Crippen molar-refractivity contribution in [2.75, 3.05) is 14.1 Å². The summed E-state index contributed by atoms with van der Waals surface area (Å²) in [5.41, 5.74) is 3.56. The summed E-state index contributed by atoms with van der Waals surface area (Å²) in [4.78, 5) is 14.6. The molecule has 8 nitrogen and oxygen atoms in total. The van der Waals surface area contributed by atoms with E-state index < -0.39 is 10.0 Å². The first-order valence-corrected chi connectivity index (χ1v) is 13.0. The number of thiophene rings is 1.